The molecule has 10 aromatic rings. The Morgan fingerprint density at radius 2 is 0.912 bits per heavy atom. The summed E-state index contributed by atoms with van der Waals surface area (Å²) in [5.74, 6) is 0.613. The van der Waals surface area contributed by atoms with Crippen LogP contribution in [0.25, 0.3) is 55.6 Å². The lowest BCUT2D eigenvalue weighted by atomic mass is 9.62. The van der Waals surface area contributed by atoms with Crippen LogP contribution in [0.3, 0.4) is 0 Å². The first kappa shape index (κ1) is 32.8. The molecular weight excluding hydrogens is 695 g/mol. The molecule has 0 saturated heterocycles. The van der Waals surface area contributed by atoms with E-state index in [0.717, 1.165) is 83.6 Å². The number of aromatic nitrogens is 2. The van der Waals surface area contributed by atoms with Crippen molar-refractivity contribution in [3.05, 3.63) is 235 Å². The van der Waals surface area contributed by atoms with E-state index in [1.807, 2.05) is 24.3 Å². The molecule has 0 atom stereocenters. The second-order valence-electron chi connectivity index (χ2n) is 14.5. The van der Waals surface area contributed by atoms with Crippen molar-refractivity contribution in [3.8, 4) is 33.6 Å². The summed E-state index contributed by atoms with van der Waals surface area (Å²) >= 11 is 0. The minimum absolute atomic E-state index is 0.613. The monoisotopic (exact) mass is 729 g/mol. The molecule has 0 unspecified atom stereocenters. The fourth-order valence-electron chi connectivity index (χ4n) is 8.88. The number of furan rings is 1. The van der Waals surface area contributed by atoms with Crippen LogP contribution in [-0.2, 0) is 5.41 Å². The molecule has 0 saturated carbocycles. The molecular formula is C53H35N3O. The number of rotatable bonds is 6. The standard InChI is InChI=1S/C53H35N3O/c1-4-18-36(19-5-1)46-35-47(37-20-6-2-7-21-37)55-52(54-46)56-48-31-13-11-29-44(48)53(39-23-8-3-9-24-39,45-30-12-14-32-49(45)56)40-25-16-22-38(34-40)41-27-17-28-43-42-26-10-15-33-50(42)57-51(41)43/h1-35H. The fourth-order valence-corrected chi connectivity index (χ4v) is 8.88. The van der Waals surface area contributed by atoms with Gasteiger partial charge in [-0.2, -0.15) is 0 Å². The largest absolute Gasteiger partial charge is 0.455 e. The van der Waals surface area contributed by atoms with Crippen molar-refractivity contribution in [3.63, 3.8) is 0 Å². The summed E-state index contributed by atoms with van der Waals surface area (Å²) < 4.78 is 6.57. The summed E-state index contributed by atoms with van der Waals surface area (Å²) in [4.78, 5) is 13.0. The molecule has 8 aromatic carbocycles. The van der Waals surface area contributed by atoms with E-state index < -0.39 is 5.41 Å². The number of benzene rings is 8. The zero-order valence-corrected chi connectivity index (χ0v) is 31.0. The average Bonchev–Trinajstić information content (AvgIpc) is 3.68. The van der Waals surface area contributed by atoms with E-state index in [4.69, 9.17) is 14.4 Å². The van der Waals surface area contributed by atoms with Gasteiger partial charge in [-0.25, -0.2) is 9.97 Å². The van der Waals surface area contributed by atoms with E-state index in [0.29, 0.717) is 5.95 Å². The van der Waals surface area contributed by atoms with Crippen molar-refractivity contribution < 1.29 is 4.42 Å². The minimum atomic E-state index is -0.692. The van der Waals surface area contributed by atoms with Gasteiger partial charge in [-0.15, -0.1) is 0 Å². The third-order valence-corrected chi connectivity index (χ3v) is 11.4. The highest BCUT2D eigenvalue weighted by Gasteiger charge is 2.47. The third-order valence-electron chi connectivity index (χ3n) is 11.4. The van der Waals surface area contributed by atoms with Gasteiger partial charge in [0.15, 0.2) is 0 Å². The van der Waals surface area contributed by atoms with Crippen molar-refractivity contribution in [2.45, 2.75) is 5.41 Å². The summed E-state index contributed by atoms with van der Waals surface area (Å²) in [6.45, 7) is 0. The SMILES string of the molecule is c1ccc(-c2cc(-c3ccccc3)nc(N3c4ccccc4C(c4ccccc4)(c4cccc(-c5cccc6c5oc5ccccc56)c4)c4ccccc43)n2)cc1. The zero-order valence-electron chi connectivity index (χ0n) is 31.0. The van der Waals surface area contributed by atoms with E-state index in [1.54, 1.807) is 0 Å². The molecule has 0 amide bonds. The molecule has 2 aromatic heterocycles. The Hall–Kier alpha value is -7.56. The number of fused-ring (bicyclic) bond motifs is 5. The van der Waals surface area contributed by atoms with E-state index >= 15 is 0 Å². The fraction of sp³-hybridized carbons (Fsp3) is 0.0189. The molecule has 4 heteroatoms. The van der Waals surface area contributed by atoms with Crippen molar-refractivity contribution in [2.75, 3.05) is 4.90 Å². The van der Waals surface area contributed by atoms with E-state index in [9.17, 15) is 0 Å². The van der Waals surface area contributed by atoms with Gasteiger partial charge in [-0.05, 0) is 58.1 Å². The Bertz CT molecular complexity index is 2980. The van der Waals surface area contributed by atoms with Crippen LogP contribution in [0.5, 0.6) is 0 Å². The van der Waals surface area contributed by atoms with Gasteiger partial charge in [-0.1, -0.05) is 182 Å². The quantitative estimate of drug-likeness (QED) is 0.171. The molecule has 4 nitrogen and oxygen atoms in total. The summed E-state index contributed by atoms with van der Waals surface area (Å²) in [5, 5.41) is 2.23. The van der Waals surface area contributed by atoms with Gasteiger partial charge >= 0.3 is 0 Å². The summed E-state index contributed by atoms with van der Waals surface area (Å²) in [7, 11) is 0. The number of hydrogen-bond donors (Lipinski definition) is 0. The molecule has 57 heavy (non-hydrogen) atoms. The Balaban J connectivity index is 1.18. The topological polar surface area (TPSA) is 42.2 Å². The number of hydrogen-bond acceptors (Lipinski definition) is 4. The molecule has 0 bridgehead atoms. The first-order valence-corrected chi connectivity index (χ1v) is 19.3. The zero-order chi connectivity index (χ0) is 37.8. The molecule has 3 heterocycles. The van der Waals surface area contributed by atoms with Gasteiger partial charge in [0.1, 0.15) is 11.2 Å². The lowest BCUT2D eigenvalue weighted by Crippen LogP contribution is -2.38. The van der Waals surface area contributed by atoms with Gasteiger partial charge in [0.2, 0.25) is 5.95 Å². The number of anilines is 3. The molecule has 268 valence electrons. The van der Waals surface area contributed by atoms with Crippen molar-refractivity contribution in [1.82, 2.24) is 9.97 Å². The maximum Gasteiger partial charge on any atom is 0.235 e. The van der Waals surface area contributed by atoms with Crippen LogP contribution >= 0.6 is 0 Å². The highest BCUT2D eigenvalue weighted by molar-refractivity contribution is 6.09. The van der Waals surface area contributed by atoms with Crippen LogP contribution in [0.4, 0.5) is 17.3 Å². The normalized spacial score (nSPS) is 13.0. The van der Waals surface area contributed by atoms with Gasteiger partial charge in [0, 0.05) is 27.5 Å². The summed E-state index contributed by atoms with van der Waals surface area (Å²) in [6, 6.07) is 75.0. The molecule has 11 rings (SSSR count). The van der Waals surface area contributed by atoms with E-state index in [2.05, 4.69) is 193 Å². The Morgan fingerprint density at radius 1 is 0.404 bits per heavy atom. The second-order valence-corrected chi connectivity index (χ2v) is 14.5. The lowest BCUT2D eigenvalue weighted by molar-refractivity contribution is 0.670. The Labute approximate surface area is 331 Å². The first-order chi connectivity index (χ1) is 28.3. The summed E-state index contributed by atoms with van der Waals surface area (Å²) in [5.41, 5.74) is 13.7. The Kier molecular flexibility index (Phi) is 7.68. The smallest absolute Gasteiger partial charge is 0.235 e. The molecule has 1 aliphatic rings. The highest BCUT2D eigenvalue weighted by Crippen LogP contribution is 2.57. The molecule has 0 fully saturated rings. The second kappa shape index (κ2) is 13.3. The van der Waals surface area contributed by atoms with E-state index in [-0.39, 0.29) is 0 Å². The Morgan fingerprint density at radius 3 is 1.58 bits per heavy atom. The van der Waals surface area contributed by atoms with Gasteiger partial charge in [0.05, 0.1) is 28.2 Å². The van der Waals surface area contributed by atoms with Crippen LogP contribution in [0, 0.1) is 0 Å². The van der Waals surface area contributed by atoms with Crippen molar-refractivity contribution in [1.29, 1.82) is 0 Å². The van der Waals surface area contributed by atoms with Gasteiger partial charge in [0.25, 0.3) is 0 Å². The first-order valence-electron chi connectivity index (χ1n) is 19.3. The van der Waals surface area contributed by atoms with Crippen LogP contribution < -0.4 is 4.90 Å². The van der Waals surface area contributed by atoms with Crippen LogP contribution in [0.15, 0.2) is 217 Å². The molecule has 0 radical (unpaired) electrons. The van der Waals surface area contributed by atoms with Gasteiger partial charge < -0.3 is 4.42 Å². The third kappa shape index (κ3) is 5.22. The van der Waals surface area contributed by atoms with Crippen molar-refractivity contribution in [2.24, 2.45) is 0 Å². The number of para-hydroxylation sites is 4. The lowest BCUT2D eigenvalue weighted by Gasteiger charge is -2.46. The molecule has 0 N–H and O–H groups in total. The minimum Gasteiger partial charge on any atom is -0.455 e. The number of nitrogens with zero attached hydrogens (tertiary/aromatic N) is 3. The van der Waals surface area contributed by atoms with Crippen LogP contribution in [0.1, 0.15) is 22.3 Å². The van der Waals surface area contributed by atoms with Crippen LogP contribution in [0.2, 0.25) is 0 Å². The van der Waals surface area contributed by atoms with Gasteiger partial charge in [-0.3, -0.25) is 4.90 Å². The average molecular weight is 730 g/mol. The molecule has 0 aliphatic carbocycles. The molecule has 1 aliphatic heterocycles. The maximum atomic E-state index is 6.57. The predicted octanol–water partition coefficient (Wildman–Crippen LogP) is 13.5. The van der Waals surface area contributed by atoms with Crippen LogP contribution in [-0.4, -0.2) is 9.97 Å². The predicted molar refractivity (Wildman–Crippen MR) is 232 cm³/mol. The summed E-state index contributed by atoms with van der Waals surface area (Å²) in [6.07, 6.45) is 0. The van der Waals surface area contributed by atoms with Crippen molar-refractivity contribution >= 4 is 39.3 Å². The maximum absolute atomic E-state index is 6.57. The van der Waals surface area contributed by atoms with E-state index in [1.165, 1.54) is 5.56 Å². The molecule has 0 spiro atoms. The highest BCUT2D eigenvalue weighted by atomic mass is 16.3.